The first kappa shape index (κ1) is 19.7. The van der Waals surface area contributed by atoms with Crippen LogP contribution in [0.4, 0.5) is 0 Å². The van der Waals surface area contributed by atoms with Crippen LogP contribution < -0.4 is 10.1 Å². The third kappa shape index (κ3) is 6.01. The molecule has 0 amide bonds. The van der Waals surface area contributed by atoms with E-state index in [1.165, 1.54) is 70.0 Å². The van der Waals surface area contributed by atoms with Gasteiger partial charge in [-0.1, -0.05) is 38.8 Å². The Balaban J connectivity index is 1.40. The fourth-order valence-electron chi connectivity index (χ4n) is 5.11. The predicted molar refractivity (Wildman–Crippen MR) is 111 cm³/mol. The smallest absolute Gasteiger partial charge is 0.119 e. The highest BCUT2D eigenvalue weighted by molar-refractivity contribution is 5.27. The van der Waals surface area contributed by atoms with Gasteiger partial charge >= 0.3 is 0 Å². The van der Waals surface area contributed by atoms with Crippen LogP contribution in [-0.2, 0) is 0 Å². The summed E-state index contributed by atoms with van der Waals surface area (Å²) in [5.74, 6) is 4.45. The molecule has 1 aromatic carbocycles. The zero-order chi connectivity index (χ0) is 18.4. The molecule has 2 fully saturated rings. The molecule has 5 atom stereocenters. The number of rotatable bonds is 7. The highest BCUT2D eigenvalue weighted by atomic mass is 16.5. The molecule has 1 aromatic rings. The van der Waals surface area contributed by atoms with Crippen LogP contribution in [0.25, 0.3) is 0 Å². The summed E-state index contributed by atoms with van der Waals surface area (Å²) in [4.78, 5) is 0. The van der Waals surface area contributed by atoms with E-state index in [0.717, 1.165) is 29.4 Å². The maximum absolute atomic E-state index is 6.31. The molecule has 2 nitrogen and oxygen atoms in total. The molecule has 1 N–H and O–H groups in total. The van der Waals surface area contributed by atoms with E-state index < -0.39 is 0 Å². The number of hydrogen-bond acceptors (Lipinski definition) is 2. The number of benzene rings is 1. The fourth-order valence-corrected chi connectivity index (χ4v) is 5.11. The van der Waals surface area contributed by atoms with Crippen LogP contribution in [0.2, 0.25) is 0 Å². The summed E-state index contributed by atoms with van der Waals surface area (Å²) < 4.78 is 6.31. The zero-order valence-corrected chi connectivity index (χ0v) is 17.2. The van der Waals surface area contributed by atoms with Crippen molar-refractivity contribution in [1.82, 2.24) is 5.32 Å². The summed E-state index contributed by atoms with van der Waals surface area (Å²) in [5.41, 5.74) is 1.28. The van der Waals surface area contributed by atoms with Crippen LogP contribution in [0.15, 0.2) is 24.3 Å². The lowest BCUT2D eigenvalue weighted by Gasteiger charge is -2.34. The molecule has 2 saturated carbocycles. The Morgan fingerprint density at radius 3 is 2.77 bits per heavy atom. The number of ether oxygens (including phenoxy) is 1. The molecule has 2 aliphatic rings. The van der Waals surface area contributed by atoms with Crippen LogP contribution in [0.1, 0.15) is 70.8 Å². The third-order valence-electron chi connectivity index (χ3n) is 6.71. The Labute approximate surface area is 161 Å². The second kappa shape index (κ2) is 9.78. The molecule has 2 heteroatoms. The minimum Gasteiger partial charge on any atom is -0.490 e. The van der Waals surface area contributed by atoms with Gasteiger partial charge in [0.2, 0.25) is 0 Å². The van der Waals surface area contributed by atoms with Crippen LogP contribution in [0.3, 0.4) is 0 Å². The lowest BCUT2D eigenvalue weighted by molar-refractivity contribution is 0.101. The van der Waals surface area contributed by atoms with Gasteiger partial charge in [0.05, 0.1) is 6.10 Å². The molecule has 0 heterocycles. The van der Waals surface area contributed by atoms with Gasteiger partial charge in [0.25, 0.3) is 0 Å². The van der Waals surface area contributed by atoms with Crippen molar-refractivity contribution < 1.29 is 4.74 Å². The van der Waals surface area contributed by atoms with Crippen LogP contribution in [-0.4, -0.2) is 19.2 Å². The maximum Gasteiger partial charge on any atom is 0.119 e. The van der Waals surface area contributed by atoms with Gasteiger partial charge in [0, 0.05) is 0 Å². The molecule has 4 unspecified atom stereocenters. The van der Waals surface area contributed by atoms with Crippen molar-refractivity contribution in [3.63, 3.8) is 0 Å². The molecule has 0 aromatic heterocycles. The zero-order valence-electron chi connectivity index (χ0n) is 17.2. The van der Waals surface area contributed by atoms with Crippen LogP contribution in [0.5, 0.6) is 5.75 Å². The SMILES string of the molecule is Cc1cccc(O[C@@H]2CCCC(C(C)CNCC3CCCC(C)C3)C2)c1. The van der Waals surface area contributed by atoms with Crippen molar-refractivity contribution in [2.45, 2.75) is 78.2 Å². The summed E-state index contributed by atoms with van der Waals surface area (Å²) in [6.07, 6.45) is 11.3. The third-order valence-corrected chi connectivity index (χ3v) is 6.71. The molecule has 0 saturated heterocycles. The predicted octanol–water partition coefficient (Wildman–Crippen LogP) is 5.98. The summed E-state index contributed by atoms with van der Waals surface area (Å²) in [5, 5.41) is 3.80. The molecule has 146 valence electrons. The van der Waals surface area contributed by atoms with Crippen LogP contribution in [0, 0.1) is 30.6 Å². The quantitative estimate of drug-likeness (QED) is 0.647. The fraction of sp³-hybridized carbons (Fsp3) is 0.750. The van der Waals surface area contributed by atoms with E-state index in [1.807, 2.05) is 0 Å². The van der Waals surface area contributed by atoms with Crippen molar-refractivity contribution in [1.29, 1.82) is 0 Å². The Morgan fingerprint density at radius 1 is 1.12 bits per heavy atom. The first-order chi connectivity index (χ1) is 12.6. The van der Waals surface area contributed by atoms with E-state index in [1.54, 1.807) is 0 Å². The van der Waals surface area contributed by atoms with Crippen LogP contribution >= 0.6 is 0 Å². The van der Waals surface area contributed by atoms with E-state index in [9.17, 15) is 0 Å². The first-order valence-electron chi connectivity index (χ1n) is 11.0. The molecule has 3 rings (SSSR count). The highest BCUT2D eigenvalue weighted by Gasteiger charge is 2.27. The van der Waals surface area contributed by atoms with Crippen molar-refractivity contribution >= 4 is 0 Å². The average molecular weight is 358 g/mol. The molecule has 2 aliphatic carbocycles. The monoisotopic (exact) mass is 357 g/mol. The van der Waals surface area contributed by atoms with Crippen molar-refractivity contribution in [2.75, 3.05) is 13.1 Å². The van der Waals surface area contributed by atoms with Gasteiger partial charge in [0.1, 0.15) is 5.75 Å². The largest absolute Gasteiger partial charge is 0.490 e. The lowest BCUT2D eigenvalue weighted by Crippen LogP contribution is -2.35. The lowest BCUT2D eigenvalue weighted by atomic mass is 9.79. The molecule has 0 bridgehead atoms. The number of nitrogens with one attached hydrogen (secondary N) is 1. The van der Waals surface area contributed by atoms with E-state index >= 15 is 0 Å². The second-order valence-electron chi connectivity index (χ2n) is 9.26. The Kier molecular flexibility index (Phi) is 7.42. The van der Waals surface area contributed by atoms with Gasteiger partial charge in [-0.2, -0.15) is 0 Å². The number of hydrogen-bond donors (Lipinski definition) is 1. The van der Waals surface area contributed by atoms with E-state index in [4.69, 9.17) is 4.74 Å². The van der Waals surface area contributed by atoms with Gasteiger partial charge in [-0.3, -0.25) is 0 Å². The highest BCUT2D eigenvalue weighted by Crippen LogP contribution is 2.33. The Hall–Kier alpha value is -1.02. The minimum atomic E-state index is 0.400. The molecular weight excluding hydrogens is 318 g/mol. The molecule has 0 spiro atoms. The second-order valence-corrected chi connectivity index (χ2v) is 9.26. The van der Waals surface area contributed by atoms with E-state index in [-0.39, 0.29) is 0 Å². The topological polar surface area (TPSA) is 21.3 Å². The molecular formula is C24H39NO. The Bertz CT molecular complexity index is 543. The summed E-state index contributed by atoms with van der Waals surface area (Å²) in [6.45, 7) is 9.40. The van der Waals surface area contributed by atoms with Crippen molar-refractivity contribution in [3.8, 4) is 5.75 Å². The molecule has 26 heavy (non-hydrogen) atoms. The summed E-state index contributed by atoms with van der Waals surface area (Å²) in [7, 11) is 0. The van der Waals surface area contributed by atoms with E-state index in [2.05, 4.69) is 50.4 Å². The standard InChI is InChI=1S/C24H39NO/c1-18-7-4-9-21(13-18)17-25-16-20(3)22-10-6-12-24(15-22)26-23-11-5-8-19(2)14-23/h5,8,11,14,18,20-22,24-25H,4,6-7,9-10,12-13,15-17H2,1-3H3/t18?,20?,21?,22?,24-/m1/s1. The van der Waals surface area contributed by atoms with Gasteiger partial charge in [-0.15, -0.1) is 0 Å². The average Bonchev–Trinajstić information content (AvgIpc) is 2.62. The summed E-state index contributed by atoms with van der Waals surface area (Å²) in [6, 6.07) is 8.51. The van der Waals surface area contributed by atoms with Gasteiger partial charge in [-0.25, -0.2) is 0 Å². The molecule has 0 radical (unpaired) electrons. The first-order valence-corrected chi connectivity index (χ1v) is 11.0. The number of aryl methyl sites for hydroxylation is 1. The molecule has 0 aliphatic heterocycles. The van der Waals surface area contributed by atoms with Crippen molar-refractivity contribution in [3.05, 3.63) is 29.8 Å². The minimum absolute atomic E-state index is 0.400. The van der Waals surface area contributed by atoms with Gasteiger partial charge in [0.15, 0.2) is 0 Å². The summed E-state index contributed by atoms with van der Waals surface area (Å²) >= 11 is 0. The maximum atomic E-state index is 6.31. The Morgan fingerprint density at radius 2 is 1.96 bits per heavy atom. The van der Waals surface area contributed by atoms with E-state index in [0.29, 0.717) is 6.10 Å². The van der Waals surface area contributed by atoms with Gasteiger partial charge in [-0.05, 0) is 99.9 Å². The van der Waals surface area contributed by atoms with Crippen molar-refractivity contribution in [2.24, 2.45) is 23.7 Å². The van der Waals surface area contributed by atoms with Gasteiger partial charge < -0.3 is 10.1 Å². The normalized spacial score (nSPS) is 30.7.